The number of alkyl halides is 4. The second kappa shape index (κ2) is 6.36. The summed E-state index contributed by atoms with van der Waals surface area (Å²) in [5, 5.41) is 15.1. The Labute approximate surface area is 61.5 Å². The molecule has 0 radical (unpaired) electrons. The van der Waals surface area contributed by atoms with E-state index in [1.54, 1.807) is 6.92 Å². The van der Waals surface area contributed by atoms with Crippen molar-refractivity contribution < 1.29 is 27.8 Å². The molecule has 0 amide bonds. The highest BCUT2D eigenvalue weighted by Crippen LogP contribution is 2.21. The fourth-order valence-electron chi connectivity index (χ4n) is 0.104. The largest absolute Gasteiger partial charge is 0.421 e. The van der Waals surface area contributed by atoms with Crippen LogP contribution >= 0.6 is 0 Å². The summed E-state index contributed by atoms with van der Waals surface area (Å²) in [6.45, 7) is 0.434. The first-order chi connectivity index (χ1) is 4.90. The zero-order valence-corrected chi connectivity index (χ0v) is 5.90. The average Bonchev–Trinajstić information content (AvgIpc) is 1.86. The first kappa shape index (κ1) is 13.2. The van der Waals surface area contributed by atoms with E-state index in [0.29, 0.717) is 0 Å². The number of aliphatic hydroxyl groups is 2. The molecule has 0 fully saturated rings. The van der Waals surface area contributed by atoms with E-state index in [-0.39, 0.29) is 6.61 Å². The lowest BCUT2D eigenvalue weighted by atomic mass is 10.4. The maximum atomic E-state index is 11.3. The lowest BCUT2D eigenvalue weighted by Crippen LogP contribution is -2.27. The molecule has 0 aromatic heterocycles. The molecule has 2 nitrogen and oxygen atoms in total. The van der Waals surface area contributed by atoms with Gasteiger partial charge in [-0.25, -0.2) is 4.39 Å². The van der Waals surface area contributed by atoms with E-state index in [2.05, 4.69) is 0 Å². The first-order valence-electron chi connectivity index (χ1n) is 2.82. The van der Waals surface area contributed by atoms with Crippen LogP contribution < -0.4 is 0 Å². The van der Waals surface area contributed by atoms with E-state index >= 15 is 0 Å². The van der Waals surface area contributed by atoms with Gasteiger partial charge < -0.3 is 10.2 Å². The number of rotatable bonds is 1. The Morgan fingerprint density at radius 1 is 1.27 bits per heavy atom. The Bertz CT molecular complexity index is 83.0. The Morgan fingerprint density at radius 2 is 1.55 bits per heavy atom. The van der Waals surface area contributed by atoms with Crippen LogP contribution in [0.1, 0.15) is 6.92 Å². The summed E-state index contributed by atoms with van der Waals surface area (Å²) in [4.78, 5) is 0. The highest BCUT2D eigenvalue weighted by Gasteiger charge is 2.39. The smallest absolute Gasteiger partial charge is 0.397 e. The van der Waals surface area contributed by atoms with Crippen molar-refractivity contribution in [2.75, 3.05) is 13.2 Å². The molecule has 0 aliphatic rings. The number of hydrogen-bond donors (Lipinski definition) is 2. The van der Waals surface area contributed by atoms with Gasteiger partial charge in [0.2, 0.25) is 6.17 Å². The molecular formula is C5H10F4O2. The zero-order chi connectivity index (χ0) is 9.49. The van der Waals surface area contributed by atoms with Crippen molar-refractivity contribution >= 4 is 0 Å². The Morgan fingerprint density at radius 3 is 1.55 bits per heavy atom. The molecule has 2 N–H and O–H groups in total. The van der Waals surface area contributed by atoms with Crippen LogP contribution in [0.25, 0.3) is 0 Å². The molecule has 1 unspecified atom stereocenters. The van der Waals surface area contributed by atoms with Gasteiger partial charge in [-0.05, 0) is 6.92 Å². The van der Waals surface area contributed by atoms with E-state index in [1.807, 2.05) is 0 Å². The van der Waals surface area contributed by atoms with Gasteiger partial charge in [0.15, 0.2) is 0 Å². The predicted octanol–water partition coefficient (Wildman–Crippen LogP) is 0.878. The van der Waals surface area contributed by atoms with Gasteiger partial charge in [0.1, 0.15) is 0 Å². The Hall–Kier alpha value is -0.360. The van der Waals surface area contributed by atoms with Gasteiger partial charge in [0.05, 0.1) is 6.61 Å². The van der Waals surface area contributed by atoms with Gasteiger partial charge in [-0.2, -0.15) is 13.2 Å². The third-order valence-corrected chi connectivity index (χ3v) is 0.515. The normalized spacial score (nSPS) is 13.4. The van der Waals surface area contributed by atoms with Crippen LogP contribution in [0.4, 0.5) is 17.6 Å². The predicted molar refractivity (Wildman–Crippen MR) is 30.8 cm³/mol. The molecule has 0 rings (SSSR count). The minimum Gasteiger partial charge on any atom is -0.397 e. The lowest BCUT2D eigenvalue weighted by Gasteiger charge is -2.07. The van der Waals surface area contributed by atoms with Gasteiger partial charge in [-0.15, -0.1) is 0 Å². The summed E-state index contributed by atoms with van der Waals surface area (Å²) in [6.07, 6.45) is -8.00. The van der Waals surface area contributed by atoms with Crippen LogP contribution in [-0.2, 0) is 0 Å². The van der Waals surface area contributed by atoms with Crippen molar-refractivity contribution in [2.24, 2.45) is 0 Å². The number of hydrogen-bond acceptors (Lipinski definition) is 2. The highest BCUT2D eigenvalue weighted by atomic mass is 19.4. The van der Waals surface area contributed by atoms with E-state index < -0.39 is 19.0 Å². The van der Waals surface area contributed by atoms with Gasteiger partial charge >= 0.3 is 6.18 Å². The molecule has 0 heterocycles. The molecule has 0 aromatic carbocycles. The molecule has 6 heteroatoms. The topological polar surface area (TPSA) is 40.5 Å². The monoisotopic (exact) mass is 178 g/mol. The molecular weight excluding hydrogens is 168 g/mol. The number of halogens is 4. The summed E-state index contributed by atoms with van der Waals surface area (Å²) in [5.74, 6) is 0. The summed E-state index contributed by atoms with van der Waals surface area (Å²) < 4.78 is 44.0. The fourth-order valence-corrected chi connectivity index (χ4v) is 0.104. The average molecular weight is 178 g/mol. The van der Waals surface area contributed by atoms with Crippen molar-refractivity contribution in [1.82, 2.24) is 0 Å². The van der Waals surface area contributed by atoms with Crippen LogP contribution in [-0.4, -0.2) is 35.8 Å². The molecule has 1 atom stereocenters. The third kappa shape index (κ3) is 9.64. The lowest BCUT2D eigenvalue weighted by molar-refractivity contribution is -0.189. The Kier molecular flexibility index (Phi) is 7.65. The quantitative estimate of drug-likeness (QED) is 0.585. The molecule has 0 bridgehead atoms. The minimum atomic E-state index is -4.91. The summed E-state index contributed by atoms with van der Waals surface area (Å²) in [6, 6.07) is 0. The molecule has 0 aliphatic carbocycles. The van der Waals surface area contributed by atoms with Gasteiger partial charge in [0.25, 0.3) is 0 Å². The van der Waals surface area contributed by atoms with Gasteiger partial charge in [-0.3, -0.25) is 0 Å². The second-order valence-corrected chi connectivity index (χ2v) is 1.51. The summed E-state index contributed by atoms with van der Waals surface area (Å²) in [5.41, 5.74) is 0. The van der Waals surface area contributed by atoms with E-state index in [0.717, 1.165) is 0 Å². The molecule has 0 aromatic rings. The molecule has 0 saturated carbocycles. The molecule has 70 valence electrons. The van der Waals surface area contributed by atoms with Gasteiger partial charge in [-0.1, -0.05) is 0 Å². The number of aliphatic hydroxyl groups excluding tert-OH is 2. The molecule has 0 saturated heterocycles. The standard InChI is InChI=1S/C3H4F4O.C2H6O/c4-2(1-8)3(5,6)7;1-2-3/h2,8H,1H2;3H,2H2,1H3. The van der Waals surface area contributed by atoms with Gasteiger partial charge in [0, 0.05) is 6.61 Å². The fraction of sp³-hybridized carbons (Fsp3) is 1.00. The maximum absolute atomic E-state index is 11.3. The molecule has 0 spiro atoms. The highest BCUT2D eigenvalue weighted by molar-refractivity contribution is 4.62. The van der Waals surface area contributed by atoms with Crippen LogP contribution in [0.2, 0.25) is 0 Å². The Balaban J connectivity index is 0. The van der Waals surface area contributed by atoms with E-state index in [9.17, 15) is 17.6 Å². The van der Waals surface area contributed by atoms with Crippen molar-refractivity contribution in [3.05, 3.63) is 0 Å². The van der Waals surface area contributed by atoms with E-state index in [4.69, 9.17) is 10.2 Å². The minimum absolute atomic E-state index is 0.250. The molecule has 11 heavy (non-hydrogen) atoms. The summed E-state index contributed by atoms with van der Waals surface area (Å²) >= 11 is 0. The maximum Gasteiger partial charge on any atom is 0.421 e. The zero-order valence-electron chi connectivity index (χ0n) is 5.90. The second-order valence-electron chi connectivity index (χ2n) is 1.51. The van der Waals surface area contributed by atoms with E-state index in [1.165, 1.54) is 0 Å². The van der Waals surface area contributed by atoms with Crippen LogP contribution in [0.3, 0.4) is 0 Å². The first-order valence-corrected chi connectivity index (χ1v) is 2.82. The van der Waals surface area contributed by atoms with Crippen LogP contribution in [0.5, 0.6) is 0 Å². The van der Waals surface area contributed by atoms with Crippen molar-refractivity contribution in [1.29, 1.82) is 0 Å². The van der Waals surface area contributed by atoms with Crippen LogP contribution in [0, 0.1) is 0 Å². The van der Waals surface area contributed by atoms with Crippen molar-refractivity contribution in [3.8, 4) is 0 Å². The van der Waals surface area contributed by atoms with Crippen molar-refractivity contribution in [2.45, 2.75) is 19.3 Å². The molecule has 0 aliphatic heterocycles. The summed E-state index contributed by atoms with van der Waals surface area (Å²) in [7, 11) is 0. The third-order valence-electron chi connectivity index (χ3n) is 0.515. The SMILES string of the molecule is CCO.OCC(F)C(F)(F)F. The van der Waals surface area contributed by atoms with Crippen LogP contribution in [0.15, 0.2) is 0 Å². The van der Waals surface area contributed by atoms with Crippen molar-refractivity contribution in [3.63, 3.8) is 0 Å².